The van der Waals surface area contributed by atoms with Crippen molar-refractivity contribution < 1.29 is 28.5 Å². The predicted molar refractivity (Wildman–Crippen MR) is 169 cm³/mol. The third-order valence-electron chi connectivity index (χ3n) is 8.02. The van der Waals surface area contributed by atoms with Gasteiger partial charge in [-0.25, -0.2) is 9.07 Å². The number of aromatic nitrogens is 3. The van der Waals surface area contributed by atoms with Crippen LogP contribution in [0.4, 0.5) is 4.39 Å². The van der Waals surface area contributed by atoms with Crippen molar-refractivity contribution in [3.05, 3.63) is 112 Å². The number of hydrogen-bond donors (Lipinski definition) is 3. The molecule has 46 heavy (non-hydrogen) atoms. The van der Waals surface area contributed by atoms with Crippen LogP contribution in [0.25, 0.3) is 16.6 Å². The third-order valence-corrected chi connectivity index (χ3v) is 8.02. The molecule has 12 heteroatoms. The van der Waals surface area contributed by atoms with Gasteiger partial charge in [0.05, 0.1) is 43.7 Å². The van der Waals surface area contributed by atoms with E-state index in [0.717, 1.165) is 0 Å². The second-order valence-electron chi connectivity index (χ2n) is 10.9. The van der Waals surface area contributed by atoms with Crippen molar-refractivity contribution >= 4 is 16.8 Å². The second kappa shape index (κ2) is 13.5. The van der Waals surface area contributed by atoms with Gasteiger partial charge in [-0.05, 0) is 55.0 Å². The molecule has 3 heterocycles. The number of rotatable bonds is 10. The maximum atomic E-state index is 15.6. The molecule has 1 amide bonds. The number of fused-ring (bicyclic) bond motifs is 1. The number of H-pyrrole nitrogens is 1. The molecule has 3 N–H and O–H groups in total. The zero-order valence-corrected chi connectivity index (χ0v) is 25.4. The van der Waals surface area contributed by atoms with Crippen LogP contribution >= 0.6 is 0 Å². The molecule has 0 aliphatic carbocycles. The van der Waals surface area contributed by atoms with Crippen LogP contribution in [-0.2, 0) is 4.74 Å². The summed E-state index contributed by atoms with van der Waals surface area (Å²) < 4.78 is 33.7. The molecule has 5 aromatic rings. The van der Waals surface area contributed by atoms with Gasteiger partial charge >= 0.3 is 0 Å². The van der Waals surface area contributed by atoms with Crippen molar-refractivity contribution in [1.82, 2.24) is 25.0 Å². The van der Waals surface area contributed by atoms with Gasteiger partial charge in [-0.15, -0.1) is 0 Å². The molecule has 1 saturated heterocycles. The van der Waals surface area contributed by atoms with Gasteiger partial charge in [0.1, 0.15) is 17.1 Å². The first-order valence-electron chi connectivity index (χ1n) is 14.9. The Morgan fingerprint density at radius 1 is 1.09 bits per heavy atom. The van der Waals surface area contributed by atoms with Crippen molar-refractivity contribution in [3.63, 3.8) is 0 Å². The zero-order chi connectivity index (χ0) is 32.2. The largest absolute Gasteiger partial charge is 0.497 e. The quantitative estimate of drug-likeness (QED) is 0.211. The number of carbonyl (C=O) groups is 1. The lowest BCUT2D eigenvalue weighted by Crippen LogP contribution is -2.47. The van der Waals surface area contributed by atoms with Crippen LogP contribution in [-0.4, -0.2) is 76.7 Å². The number of morpholine rings is 1. The van der Waals surface area contributed by atoms with Crippen LogP contribution in [0.3, 0.4) is 0 Å². The maximum Gasteiger partial charge on any atom is 0.284 e. The number of carbonyl (C=O) groups excluding carboxylic acids is 1. The topological polar surface area (TPSA) is 131 Å². The summed E-state index contributed by atoms with van der Waals surface area (Å²) in [5.41, 5.74) is 1.58. The number of halogens is 1. The molecule has 3 aromatic carbocycles. The first kappa shape index (κ1) is 31.0. The van der Waals surface area contributed by atoms with Gasteiger partial charge in [0.15, 0.2) is 11.6 Å². The Morgan fingerprint density at radius 2 is 1.87 bits per heavy atom. The summed E-state index contributed by atoms with van der Waals surface area (Å²) in [4.78, 5) is 32.6. The molecular formula is C34H34FN5O6. The van der Waals surface area contributed by atoms with Crippen LogP contribution in [0.5, 0.6) is 17.2 Å². The maximum absolute atomic E-state index is 15.6. The third kappa shape index (κ3) is 6.36. The highest BCUT2D eigenvalue weighted by Crippen LogP contribution is 2.34. The number of nitrogens with one attached hydrogen (secondary N) is 2. The number of pyridine rings is 1. The zero-order valence-electron chi connectivity index (χ0n) is 25.4. The van der Waals surface area contributed by atoms with Gasteiger partial charge in [0.25, 0.3) is 11.5 Å². The smallest absolute Gasteiger partial charge is 0.284 e. The lowest BCUT2D eigenvalue weighted by Gasteiger charge is -2.37. The van der Waals surface area contributed by atoms with E-state index in [1.807, 2.05) is 11.0 Å². The van der Waals surface area contributed by atoms with Crippen LogP contribution in [0, 0.1) is 12.7 Å². The highest BCUT2D eigenvalue weighted by atomic mass is 19.1. The molecule has 2 aromatic heterocycles. The van der Waals surface area contributed by atoms with Gasteiger partial charge in [-0.3, -0.25) is 24.6 Å². The van der Waals surface area contributed by atoms with Crippen LogP contribution in [0.1, 0.15) is 27.7 Å². The second-order valence-corrected chi connectivity index (χ2v) is 10.9. The Kier molecular flexibility index (Phi) is 9.11. The molecular weight excluding hydrogens is 593 g/mol. The fourth-order valence-corrected chi connectivity index (χ4v) is 5.72. The monoisotopic (exact) mass is 627 g/mol. The summed E-state index contributed by atoms with van der Waals surface area (Å²) in [6.07, 6.45) is 0.442. The van der Waals surface area contributed by atoms with Crippen molar-refractivity contribution in [2.75, 3.05) is 40.0 Å². The minimum Gasteiger partial charge on any atom is -0.497 e. The number of aryl methyl sites for hydroxylation is 1. The Bertz CT molecular complexity index is 1900. The molecule has 11 nitrogen and oxygen atoms in total. The summed E-state index contributed by atoms with van der Waals surface area (Å²) in [7, 11) is 1.57. The number of aliphatic hydroxyl groups is 1. The lowest BCUT2D eigenvalue weighted by atomic mass is 9.98. The Hall–Kier alpha value is -5.04. The minimum atomic E-state index is -1.14. The molecule has 2 atom stereocenters. The molecule has 1 aliphatic heterocycles. The molecule has 0 bridgehead atoms. The summed E-state index contributed by atoms with van der Waals surface area (Å²) in [5.74, 6) is -0.157. The lowest BCUT2D eigenvalue weighted by molar-refractivity contribution is -0.0222. The van der Waals surface area contributed by atoms with E-state index in [-0.39, 0.29) is 17.9 Å². The van der Waals surface area contributed by atoms with E-state index in [1.54, 1.807) is 74.8 Å². The fourth-order valence-electron chi connectivity index (χ4n) is 5.72. The van der Waals surface area contributed by atoms with Crippen LogP contribution in [0.2, 0.25) is 0 Å². The molecule has 0 saturated carbocycles. The van der Waals surface area contributed by atoms with E-state index < -0.39 is 29.4 Å². The van der Waals surface area contributed by atoms with E-state index in [9.17, 15) is 14.7 Å². The Morgan fingerprint density at radius 3 is 2.61 bits per heavy atom. The fraction of sp³-hybridized carbons (Fsp3) is 0.265. The highest BCUT2D eigenvalue weighted by Gasteiger charge is 2.31. The molecule has 238 valence electrons. The van der Waals surface area contributed by atoms with E-state index >= 15 is 4.39 Å². The van der Waals surface area contributed by atoms with Crippen molar-refractivity contribution in [2.45, 2.75) is 19.1 Å². The van der Waals surface area contributed by atoms with E-state index in [1.165, 1.54) is 16.8 Å². The first-order chi connectivity index (χ1) is 22.3. The van der Waals surface area contributed by atoms with E-state index in [0.29, 0.717) is 65.6 Å². The van der Waals surface area contributed by atoms with E-state index in [2.05, 4.69) is 15.4 Å². The number of methoxy groups -OCH3 is 1. The van der Waals surface area contributed by atoms with Gasteiger partial charge in [-0.2, -0.15) is 0 Å². The van der Waals surface area contributed by atoms with Crippen molar-refractivity contribution in [1.29, 1.82) is 0 Å². The summed E-state index contributed by atoms with van der Waals surface area (Å²) in [6, 6.07) is 19.8. The molecule has 0 radical (unpaired) electrons. The van der Waals surface area contributed by atoms with Gasteiger partial charge < -0.3 is 24.6 Å². The van der Waals surface area contributed by atoms with Gasteiger partial charge in [0.2, 0.25) is 0 Å². The molecule has 1 fully saturated rings. The molecule has 6 rings (SSSR count). The van der Waals surface area contributed by atoms with Crippen molar-refractivity contribution in [3.8, 4) is 22.9 Å². The average Bonchev–Trinajstić information content (AvgIpc) is 3.38. The number of aromatic amines is 1. The minimum absolute atomic E-state index is 0.00761. The SMILES string of the molecule is COc1ccc2c(Oc3ccc(C(C(O)CNC(=O)c4c(C)[nH]n(-c5ccccc5)c4=O)N4CCOCC4)cc3F)ccnc2c1. The Labute approximate surface area is 264 Å². The number of para-hydroxylation sites is 1. The molecule has 2 unspecified atom stereocenters. The highest BCUT2D eigenvalue weighted by molar-refractivity contribution is 5.95. The van der Waals surface area contributed by atoms with Crippen LogP contribution < -0.4 is 20.3 Å². The normalized spacial score (nSPS) is 15.0. The predicted octanol–water partition coefficient (Wildman–Crippen LogP) is 4.13. The first-order valence-corrected chi connectivity index (χ1v) is 14.9. The van der Waals surface area contributed by atoms with Gasteiger partial charge in [-0.1, -0.05) is 24.3 Å². The number of amides is 1. The Balaban J connectivity index is 1.22. The summed E-state index contributed by atoms with van der Waals surface area (Å²) >= 11 is 0. The van der Waals surface area contributed by atoms with Crippen LogP contribution in [0.15, 0.2) is 83.8 Å². The summed E-state index contributed by atoms with van der Waals surface area (Å²) in [5, 5.41) is 17.8. The standard InChI is InChI=1S/C34H34FN5O6/c1-21-31(34(43)40(38-21)23-6-4-3-5-7-23)33(42)37-20-28(41)32(39-14-16-45-17-15-39)22-8-11-30(26(35)18-22)46-29-12-13-36-27-19-24(44-2)9-10-25(27)29/h3-13,18-19,28,32,38,41H,14-17,20H2,1-2H3,(H,37,42). The average molecular weight is 628 g/mol. The number of ether oxygens (including phenoxy) is 3. The number of nitrogens with zero attached hydrogens (tertiary/aromatic N) is 3. The van der Waals surface area contributed by atoms with Gasteiger partial charge in [0, 0.05) is 43.0 Å². The number of aliphatic hydroxyl groups excluding tert-OH is 1. The summed E-state index contributed by atoms with van der Waals surface area (Å²) in [6.45, 7) is 3.35. The molecule has 0 spiro atoms. The molecule has 1 aliphatic rings. The number of benzene rings is 3. The van der Waals surface area contributed by atoms with E-state index in [4.69, 9.17) is 14.2 Å². The van der Waals surface area contributed by atoms with Crippen molar-refractivity contribution in [2.24, 2.45) is 0 Å². The number of hydrogen-bond acceptors (Lipinski definition) is 8.